The van der Waals surface area contributed by atoms with Gasteiger partial charge < -0.3 is 15.8 Å². The van der Waals surface area contributed by atoms with Crippen LogP contribution in [0.25, 0.3) is 0 Å². The highest BCUT2D eigenvalue weighted by Gasteiger charge is 2.45. The molecule has 110 valence electrons. The Bertz CT molecular complexity index is 355. The SMILES string of the molecule is COC(=O)C(C)NC(=O)C1CCC(N)C(C)C1(C)C. The predicted octanol–water partition coefficient (Wildman–Crippen LogP) is 1.06. The lowest BCUT2D eigenvalue weighted by Gasteiger charge is -2.46. The Balaban J connectivity index is 2.74. The molecule has 0 aromatic carbocycles. The molecule has 1 rings (SSSR count). The van der Waals surface area contributed by atoms with Gasteiger partial charge in [0, 0.05) is 12.0 Å². The highest BCUT2D eigenvalue weighted by Crippen LogP contribution is 2.44. The summed E-state index contributed by atoms with van der Waals surface area (Å²) < 4.78 is 4.62. The molecule has 0 aliphatic heterocycles. The van der Waals surface area contributed by atoms with Gasteiger partial charge >= 0.3 is 5.97 Å². The fourth-order valence-corrected chi connectivity index (χ4v) is 2.87. The number of carbonyl (C=O) groups is 2. The lowest BCUT2D eigenvalue weighted by Crippen LogP contribution is -2.53. The van der Waals surface area contributed by atoms with Gasteiger partial charge in [0.2, 0.25) is 5.91 Å². The van der Waals surface area contributed by atoms with Gasteiger partial charge in [-0.3, -0.25) is 4.79 Å². The zero-order valence-electron chi connectivity index (χ0n) is 12.5. The highest BCUT2D eigenvalue weighted by atomic mass is 16.5. The molecule has 1 aliphatic rings. The maximum atomic E-state index is 12.3. The first-order chi connectivity index (χ1) is 8.71. The minimum Gasteiger partial charge on any atom is -0.467 e. The molecule has 0 spiro atoms. The van der Waals surface area contributed by atoms with Gasteiger partial charge in [-0.25, -0.2) is 4.79 Å². The van der Waals surface area contributed by atoms with Crippen LogP contribution in [0.3, 0.4) is 0 Å². The number of esters is 1. The molecule has 19 heavy (non-hydrogen) atoms. The van der Waals surface area contributed by atoms with E-state index in [1.54, 1.807) is 6.92 Å². The van der Waals surface area contributed by atoms with E-state index >= 15 is 0 Å². The summed E-state index contributed by atoms with van der Waals surface area (Å²) in [5, 5.41) is 2.74. The van der Waals surface area contributed by atoms with Crippen LogP contribution < -0.4 is 11.1 Å². The number of rotatable bonds is 3. The second-order valence-electron chi connectivity index (χ2n) is 6.16. The molecule has 1 saturated carbocycles. The first-order valence-electron chi connectivity index (χ1n) is 6.85. The van der Waals surface area contributed by atoms with Crippen LogP contribution in [0.15, 0.2) is 0 Å². The van der Waals surface area contributed by atoms with Crippen molar-refractivity contribution in [2.75, 3.05) is 7.11 Å². The number of hydrogen-bond donors (Lipinski definition) is 2. The van der Waals surface area contributed by atoms with Crippen LogP contribution in [-0.4, -0.2) is 31.1 Å². The first-order valence-corrected chi connectivity index (χ1v) is 6.85. The minimum atomic E-state index is -0.612. The molecule has 0 aromatic rings. The molecule has 5 nitrogen and oxygen atoms in total. The molecular formula is C14H26N2O3. The molecule has 3 N–H and O–H groups in total. The summed E-state index contributed by atoms with van der Waals surface area (Å²) in [5.74, 6) is -0.354. The van der Waals surface area contributed by atoms with E-state index in [1.165, 1.54) is 7.11 Å². The third-order valence-electron chi connectivity index (χ3n) is 4.73. The average Bonchev–Trinajstić information content (AvgIpc) is 2.34. The van der Waals surface area contributed by atoms with Crippen molar-refractivity contribution < 1.29 is 14.3 Å². The molecule has 1 fully saturated rings. The van der Waals surface area contributed by atoms with Crippen LogP contribution in [0.5, 0.6) is 0 Å². The molecular weight excluding hydrogens is 244 g/mol. The van der Waals surface area contributed by atoms with E-state index in [0.717, 1.165) is 12.8 Å². The number of nitrogens with one attached hydrogen (secondary N) is 1. The smallest absolute Gasteiger partial charge is 0.328 e. The number of methoxy groups -OCH3 is 1. The van der Waals surface area contributed by atoms with Gasteiger partial charge in [0.25, 0.3) is 0 Å². The number of nitrogens with two attached hydrogens (primary N) is 1. The summed E-state index contributed by atoms with van der Waals surface area (Å²) >= 11 is 0. The van der Waals surface area contributed by atoms with Gasteiger partial charge in [0.15, 0.2) is 0 Å². The Morgan fingerprint density at radius 1 is 1.37 bits per heavy atom. The summed E-state index contributed by atoms with van der Waals surface area (Å²) in [6, 6.07) is -0.476. The van der Waals surface area contributed by atoms with E-state index < -0.39 is 12.0 Å². The summed E-state index contributed by atoms with van der Waals surface area (Å²) in [6.07, 6.45) is 1.60. The lowest BCUT2D eigenvalue weighted by molar-refractivity contribution is -0.146. The van der Waals surface area contributed by atoms with Gasteiger partial charge in [-0.1, -0.05) is 20.8 Å². The van der Waals surface area contributed by atoms with Crippen LogP contribution in [0.4, 0.5) is 0 Å². The van der Waals surface area contributed by atoms with Gasteiger partial charge in [-0.15, -0.1) is 0 Å². The lowest BCUT2D eigenvalue weighted by atomic mass is 9.61. The zero-order chi connectivity index (χ0) is 14.8. The van der Waals surface area contributed by atoms with Gasteiger partial charge in [-0.05, 0) is 31.1 Å². The maximum Gasteiger partial charge on any atom is 0.328 e. The predicted molar refractivity (Wildman–Crippen MR) is 73.3 cm³/mol. The summed E-state index contributed by atoms with van der Waals surface area (Å²) in [4.78, 5) is 23.7. The Morgan fingerprint density at radius 3 is 2.47 bits per heavy atom. The first kappa shape index (κ1) is 16.0. The molecule has 4 atom stereocenters. The molecule has 0 aromatic heterocycles. The molecule has 4 unspecified atom stereocenters. The maximum absolute atomic E-state index is 12.3. The second kappa shape index (κ2) is 5.90. The topological polar surface area (TPSA) is 81.4 Å². The molecule has 1 aliphatic carbocycles. The van der Waals surface area contributed by atoms with Crippen LogP contribution in [0.2, 0.25) is 0 Å². The van der Waals surface area contributed by atoms with Gasteiger partial charge in [0.05, 0.1) is 7.11 Å². The van der Waals surface area contributed by atoms with Gasteiger partial charge in [0.1, 0.15) is 6.04 Å². The summed E-state index contributed by atoms with van der Waals surface area (Å²) in [5.41, 5.74) is 5.91. The second-order valence-corrected chi connectivity index (χ2v) is 6.16. The van der Waals surface area contributed by atoms with Crippen molar-refractivity contribution in [2.24, 2.45) is 23.0 Å². The third kappa shape index (κ3) is 3.26. The summed E-state index contributed by atoms with van der Waals surface area (Å²) in [6.45, 7) is 7.87. The van der Waals surface area contributed by atoms with Crippen molar-refractivity contribution in [1.82, 2.24) is 5.32 Å². The van der Waals surface area contributed by atoms with Crippen LogP contribution in [0.1, 0.15) is 40.5 Å². The number of hydrogen-bond acceptors (Lipinski definition) is 4. The van der Waals surface area contributed by atoms with Crippen molar-refractivity contribution in [3.8, 4) is 0 Å². The van der Waals surface area contributed by atoms with E-state index in [2.05, 4.69) is 30.8 Å². The standard InChI is InChI=1S/C14H26N2O3/c1-8-11(15)7-6-10(14(8,3)4)12(17)16-9(2)13(18)19-5/h8-11H,6-7,15H2,1-5H3,(H,16,17). The Morgan fingerprint density at radius 2 is 1.95 bits per heavy atom. The highest BCUT2D eigenvalue weighted by molar-refractivity contribution is 5.86. The van der Waals surface area contributed by atoms with Crippen molar-refractivity contribution in [1.29, 1.82) is 0 Å². The van der Waals surface area contributed by atoms with Crippen LogP contribution in [0, 0.1) is 17.3 Å². The molecule has 0 radical (unpaired) electrons. The van der Waals surface area contributed by atoms with E-state index in [-0.39, 0.29) is 29.2 Å². The van der Waals surface area contributed by atoms with E-state index in [9.17, 15) is 9.59 Å². The Hall–Kier alpha value is -1.10. The number of amides is 1. The fraction of sp³-hybridized carbons (Fsp3) is 0.857. The van der Waals surface area contributed by atoms with Crippen molar-refractivity contribution in [3.63, 3.8) is 0 Å². The Kier molecular flexibility index (Phi) is 4.96. The van der Waals surface area contributed by atoms with E-state index in [1.807, 2.05) is 0 Å². The fourth-order valence-electron chi connectivity index (χ4n) is 2.87. The monoisotopic (exact) mass is 270 g/mol. The third-order valence-corrected chi connectivity index (χ3v) is 4.73. The molecule has 1 amide bonds. The molecule has 5 heteroatoms. The quantitative estimate of drug-likeness (QED) is 0.751. The van der Waals surface area contributed by atoms with Gasteiger partial charge in [-0.2, -0.15) is 0 Å². The zero-order valence-corrected chi connectivity index (χ0v) is 12.5. The van der Waals surface area contributed by atoms with Crippen LogP contribution in [-0.2, 0) is 14.3 Å². The minimum absolute atomic E-state index is 0.0818. The van der Waals surface area contributed by atoms with Crippen molar-refractivity contribution >= 4 is 11.9 Å². The molecule has 0 heterocycles. The van der Waals surface area contributed by atoms with Crippen molar-refractivity contribution in [3.05, 3.63) is 0 Å². The Labute approximate surface area is 115 Å². The largest absolute Gasteiger partial charge is 0.467 e. The molecule has 0 bridgehead atoms. The average molecular weight is 270 g/mol. The number of carbonyl (C=O) groups excluding carboxylic acids is 2. The summed E-state index contributed by atoms with van der Waals surface area (Å²) in [7, 11) is 1.32. The molecule has 0 saturated heterocycles. The normalized spacial score (nSPS) is 31.4. The number of ether oxygens (including phenoxy) is 1. The van der Waals surface area contributed by atoms with Crippen LogP contribution >= 0.6 is 0 Å². The van der Waals surface area contributed by atoms with E-state index in [0.29, 0.717) is 0 Å². The van der Waals surface area contributed by atoms with Crippen molar-refractivity contribution in [2.45, 2.75) is 52.6 Å². The van der Waals surface area contributed by atoms with E-state index in [4.69, 9.17) is 5.73 Å².